The van der Waals surface area contributed by atoms with Gasteiger partial charge in [-0.25, -0.2) is 4.39 Å². The zero-order valence-electron chi connectivity index (χ0n) is 10.9. The largest absolute Gasteiger partial charge is 0.394 e. The van der Waals surface area contributed by atoms with Gasteiger partial charge in [0.25, 0.3) is 0 Å². The van der Waals surface area contributed by atoms with E-state index in [2.05, 4.69) is 5.32 Å². The van der Waals surface area contributed by atoms with Gasteiger partial charge < -0.3 is 10.4 Å². The first-order valence-corrected chi connectivity index (χ1v) is 6.38. The quantitative estimate of drug-likeness (QED) is 0.877. The van der Waals surface area contributed by atoms with Gasteiger partial charge in [0.1, 0.15) is 5.82 Å². The molecule has 2 aromatic rings. The van der Waals surface area contributed by atoms with Crippen LogP contribution in [-0.2, 0) is 11.2 Å². The van der Waals surface area contributed by atoms with E-state index in [9.17, 15) is 14.3 Å². The molecular weight excluding hydrogens is 257 g/mol. The molecule has 1 amide bonds. The van der Waals surface area contributed by atoms with Crippen molar-refractivity contribution in [3.8, 4) is 0 Å². The van der Waals surface area contributed by atoms with Crippen LogP contribution < -0.4 is 5.32 Å². The SMILES string of the molecule is O=C(Cc1ccc(F)cc1)NC(CO)c1ccccc1. The van der Waals surface area contributed by atoms with Crippen molar-refractivity contribution >= 4 is 5.91 Å². The van der Waals surface area contributed by atoms with Crippen molar-refractivity contribution in [2.24, 2.45) is 0 Å². The Hall–Kier alpha value is -2.20. The van der Waals surface area contributed by atoms with E-state index in [4.69, 9.17) is 0 Å². The normalized spacial score (nSPS) is 11.9. The minimum atomic E-state index is -0.427. The maximum Gasteiger partial charge on any atom is 0.224 e. The standard InChI is InChI=1S/C16H16FNO2/c17-14-8-6-12(7-9-14)10-16(20)18-15(11-19)13-4-2-1-3-5-13/h1-9,15,19H,10-11H2,(H,18,20). The van der Waals surface area contributed by atoms with Crippen LogP contribution in [0.3, 0.4) is 0 Å². The molecule has 0 spiro atoms. The van der Waals surface area contributed by atoms with Crippen molar-refractivity contribution < 1.29 is 14.3 Å². The Kier molecular flexibility index (Phi) is 4.85. The van der Waals surface area contributed by atoms with E-state index in [1.54, 1.807) is 12.1 Å². The maximum atomic E-state index is 12.8. The Morgan fingerprint density at radius 3 is 2.35 bits per heavy atom. The monoisotopic (exact) mass is 273 g/mol. The summed E-state index contributed by atoms with van der Waals surface area (Å²) in [5, 5.41) is 12.1. The van der Waals surface area contributed by atoms with Crippen LogP contribution in [0.5, 0.6) is 0 Å². The second-order valence-corrected chi connectivity index (χ2v) is 4.52. The summed E-state index contributed by atoms with van der Waals surface area (Å²) < 4.78 is 12.8. The van der Waals surface area contributed by atoms with Crippen molar-refractivity contribution in [2.75, 3.05) is 6.61 Å². The van der Waals surface area contributed by atoms with E-state index in [-0.39, 0.29) is 24.8 Å². The molecule has 4 heteroatoms. The van der Waals surface area contributed by atoms with E-state index in [1.807, 2.05) is 30.3 Å². The molecule has 0 fully saturated rings. The van der Waals surface area contributed by atoms with Gasteiger partial charge in [0.05, 0.1) is 19.1 Å². The summed E-state index contributed by atoms with van der Waals surface area (Å²) in [5.74, 6) is -0.536. The molecule has 3 nitrogen and oxygen atoms in total. The summed E-state index contributed by atoms with van der Waals surface area (Å²) in [6, 6.07) is 14.6. The summed E-state index contributed by atoms with van der Waals surface area (Å²) in [6.07, 6.45) is 0.156. The highest BCUT2D eigenvalue weighted by atomic mass is 19.1. The number of halogens is 1. The van der Waals surface area contributed by atoms with Crippen molar-refractivity contribution in [3.63, 3.8) is 0 Å². The fraction of sp³-hybridized carbons (Fsp3) is 0.188. The van der Waals surface area contributed by atoms with Gasteiger partial charge in [0, 0.05) is 0 Å². The van der Waals surface area contributed by atoms with Crippen molar-refractivity contribution in [3.05, 3.63) is 71.5 Å². The molecule has 0 saturated heterocycles. The smallest absolute Gasteiger partial charge is 0.224 e. The second-order valence-electron chi connectivity index (χ2n) is 4.52. The number of nitrogens with one attached hydrogen (secondary N) is 1. The van der Waals surface area contributed by atoms with Gasteiger partial charge in [-0.15, -0.1) is 0 Å². The van der Waals surface area contributed by atoms with Crippen LogP contribution in [0.4, 0.5) is 4.39 Å². The molecule has 0 aliphatic rings. The lowest BCUT2D eigenvalue weighted by atomic mass is 10.1. The topological polar surface area (TPSA) is 49.3 Å². The van der Waals surface area contributed by atoms with Gasteiger partial charge in [-0.1, -0.05) is 42.5 Å². The summed E-state index contributed by atoms with van der Waals surface area (Å²) in [6.45, 7) is -0.167. The highest BCUT2D eigenvalue weighted by molar-refractivity contribution is 5.79. The molecule has 0 aliphatic carbocycles. The fourth-order valence-corrected chi connectivity index (χ4v) is 1.95. The highest BCUT2D eigenvalue weighted by Gasteiger charge is 2.13. The van der Waals surface area contributed by atoms with E-state index in [1.165, 1.54) is 12.1 Å². The first-order chi connectivity index (χ1) is 9.69. The number of carbonyl (C=O) groups is 1. The van der Waals surface area contributed by atoms with Crippen LogP contribution in [0.1, 0.15) is 17.2 Å². The van der Waals surface area contributed by atoms with Crippen molar-refractivity contribution in [1.82, 2.24) is 5.32 Å². The Morgan fingerprint density at radius 1 is 1.10 bits per heavy atom. The lowest BCUT2D eigenvalue weighted by Crippen LogP contribution is -2.31. The van der Waals surface area contributed by atoms with Gasteiger partial charge in [-0.05, 0) is 23.3 Å². The molecule has 20 heavy (non-hydrogen) atoms. The number of aliphatic hydroxyl groups excluding tert-OH is 1. The molecule has 0 radical (unpaired) electrons. The molecule has 104 valence electrons. The number of rotatable bonds is 5. The molecule has 1 unspecified atom stereocenters. The van der Waals surface area contributed by atoms with Crippen LogP contribution in [-0.4, -0.2) is 17.6 Å². The molecule has 0 bridgehead atoms. The average molecular weight is 273 g/mol. The molecule has 2 aromatic carbocycles. The Morgan fingerprint density at radius 2 is 1.75 bits per heavy atom. The highest BCUT2D eigenvalue weighted by Crippen LogP contribution is 2.12. The number of carbonyl (C=O) groups excluding carboxylic acids is 1. The van der Waals surface area contributed by atoms with E-state index >= 15 is 0 Å². The average Bonchev–Trinajstić information content (AvgIpc) is 2.48. The number of benzene rings is 2. The lowest BCUT2D eigenvalue weighted by Gasteiger charge is -2.16. The molecule has 1 atom stereocenters. The van der Waals surface area contributed by atoms with Gasteiger partial charge in [-0.2, -0.15) is 0 Å². The van der Waals surface area contributed by atoms with E-state index < -0.39 is 6.04 Å². The van der Waals surface area contributed by atoms with Crippen molar-refractivity contribution in [1.29, 1.82) is 0 Å². The number of hydrogen-bond acceptors (Lipinski definition) is 2. The molecule has 0 saturated carbocycles. The number of hydrogen-bond donors (Lipinski definition) is 2. The second kappa shape index (κ2) is 6.82. The molecule has 2 rings (SSSR count). The first-order valence-electron chi connectivity index (χ1n) is 6.38. The third-order valence-corrected chi connectivity index (χ3v) is 3.00. The Balaban J connectivity index is 1.97. The predicted molar refractivity (Wildman–Crippen MR) is 74.5 cm³/mol. The lowest BCUT2D eigenvalue weighted by molar-refractivity contribution is -0.121. The Labute approximate surface area is 117 Å². The molecule has 0 aliphatic heterocycles. The molecule has 0 heterocycles. The summed E-state index contributed by atoms with van der Waals surface area (Å²) in [4.78, 5) is 11.9. The van der Waals surface area contributed by atoms with Crippen LogP contribution in [0.2, 0.25) is 0 Å². The Bertz CT molecular complexity index is 554. The van der Waals surface area contributed by atoms with Gasteiger partial charge in [0.15, 0.2) is 0 Å². The maximum absolute atomic E-state index is 12.8. The van der Waals surface area contributed by atoms with Gasteiger partial charge >= 0.3 is 0 Å². The van der Waals surface area contributed by atoms with E-state index in [0.29, 0.717) is 0 Å². The third-order valence-electron chi connectivity index (χ3n) is 3.00. The summed E-state index contributed by atoms with van der Waals surface area (Å²) in [5.41, 5.74) is 1.58. The predicted octanol–water partition coefficient (Wildman–Crippen LogP) is 2.22. The van der Waals surface area contributed by atoms with E-state index in [0.717, 1.165) is 11.1 Å². The number of amides is 1. The molecular formula is C16H16FNO2. The molecule has 0 aromatic heterocycles. The van der Waals surface area contributed by atoms with Crippen LogP contribution in [0, 0.1) is 5.82 Å². The minimum absolute atomic E-state index is 0.156. The van der Waals surface area contributed by atoms with Crippen LogP contribution >= 0.6 is 0 Å². The van der Waals surface area contributed by atoms with Gasteiger partial charge in [0.2, 0.25) is 5.91 Å². The van der Waals surface area contributed by atoms with Crippen molar-refractivity contribution in [2.45, 2.75) is 12.5 Å². The summed E-state index contributed by atoms with van der Waals surface area (Å²) in [7, 11) is 0. The van der Waals surface area contributed by atoms with Crippen LogP contribution in [0.25, 0.3) is 0 Å². The molecule has 2 N–H and O–H groups in total. The zero-order valence-corrected chi connectivity index (χ0v) is 10.9. The first kappa shape index (κ1) is 14.2. The third kappa shape index (κ3) is 3.90. The minimum Gasteiger partial charge on any atom is -0.394 e. The zero-order chi connectivity index (χ0) is 14.4. The van der Waals surface area contributed by atoms with Crippen LogP contribution in [0.15, 0.2) is 54.6 Å². The van der Waals surface area contributed by atoms with Gasteiger partial charge in [-0.3, -0.25) is 4.79 Å². The fourth-order valence-electron chi connectivity index (χ4n) is 1.95. The number of aliphatic hydroxyl groups is 1. The summed E-state index contributed by atoms with van der Waals surface area (Å²) >= 11 is 0.